The number of rotatable bonds is 3. The summed E-state index contributed by atoms with van der Waals surface area (Å²) in [4.78, 5) is 28.8. The van der Waals surface area contributed by atoms with Crippen LogP contribution < -0.4 is 5.56 Å². The highest BCUT2D eigenvalue weighted by Crippen LogP contribution is 2.26. The van der Waals surface area contributed by atoms with Gasteiger partial charge in [-0.15, -0.1) is 0 Å². The number of hydrogen-bond donors (Lipinski definition) is 1. The zero-order valence-corrected chi connectivity index (χ0v) is 14.5. The molecule has 0 saturated carbocycles. The summed E-state index contributed by atoms with van der Waals surface area (Å²) in [6, 6.07) is 10.9. The molecule has 1 unspecified atom stereocenters. The molecule has 0 spiro atoms. The molecule has 128 valence electrons. The lowest BCUT2D eigenvalue weighted by molar-refractivity contribution is 0.0743. The Morgan fingerprint density at radius 2 is 1.88 bits per heavy atom. The lowest BCUT2D eigenvalue weighted by atomic mass is 10.0. The summed E-state index contributed by atoms with van der Waals surface area (Å²) in [7, 11) is 1.64. The molecule has 0 aliphatic carbocycles. The monoisotopic (exact) mass is 358 g/mol. The molecular formula is C19H16ClFN2O2. The number of nitrogens with zero attached hydrogens (tertiary/aromatic N) is 1. The number of H-pyrrole nitrogens is 1. The third kappa shape index (κ3) is 3.15. The molecule has 0 aliphatic heterocycles. The molecule has 1 aromatic heterocycles. The van der Waals surface area contributed by atoms with Gasteiger partial charge in [-0.3, -0.25) is 9.59 Å². The summed E-state index contributed by atoms with van der Waals surface area (Å²) < 4.78 is 13.6. The number of pyridine rings is 1. The molecule has 3 aromatic rings. The average Bonchev–Trinajstić information content (AvgIpc) is 2.63. The van der Waals surface area contributed by atoms with Crippen molar-refractivity contribution in [3.63, 3.8) is 0 Å². The van der Waals surface area contributed by atoms with Crippen molar-refractivity contribution in [2.45, 2.75) is 13.0 Å². The number of aromatic nitrogens is 1. The third-order valence-corrected chi connectivity index (χ3v) is 4.67. The quantitative estimate of drug-likeness (QED) is 0.764. The van der Waals surface area contributed by atoms with Gasteiger partial charge in [0.2, 0.25) is 0 Å². The Balaban J connectivity index is 1.99. The summed E-state index contributed by atoms with van der Waals surface area (Å²) in [6.07, 6.45) is 1.61. The summed E-state index contributed by atoms with van der Waals surface area (Å²) in [6.45, 7) is 1.85. The van der Waals surface area contributed by atoms with Crippen LogP contribution in [0.3, 0.4) is 0 Å². The molecule has 0 fully saturated rings. The van der Waals surface area contributed by atoms with Crippen LogP contribution in [0.5, 0.6) is 0 Å². The minimum atomic E-state index is -0.636. The molecule has 2 aromatic carbocycles. The van der Waals surface area contributed by atoms with E-state index >= 15 is 0 Å². The number of hydrogen-bond acceptors (Lipinski definition) is 2. The highest BCUT2D eigenvalue weighted by Gasteiger charge is 2.21. The minimum Gasteiger partial charge on any atom is -0.335 e. The molecule has 3 rings (SSSR count). The minimum absolute atomic E-state index is 0.0288. The smallest absolute Gasteiger partial charge is 0.255 e. The van der Waals surface area contributed by atoms with Gasteiger partial charge in [-0.2, -0.15) is 0 Å². The number of carbonyl (C=O) groups is 1. The molecule has 1 heterocycles. The predicted molar refractivity (Wildman–Crippen MR) is 96.5 cm³/mol. The average molecular weight is 359 g/mol. The van der Waals surface area contributed by atoms with Crippen molar-refractivity contribution in [2.75, 3.05) is 7.05 Å². The van der Waals surface area contributed by atoms with Crippen LogP contribution in [0.15, 0.2) is 53.5 Å². The van der Waals surface area contributed by atoms with Crippen molar-refractivity contribution in [2.24, 2.45) is 0 Å². The van der Waals surface area contributed by atoms with Crippen LogP contribution in [-0.2, 0) is 0 Å². The van der Waals surface area contributed by atoms with E-state index in [2.05, 4.69) is 4.98 Å². The number of nitrogens with one attached hydrogen (secondary N) is 1. The Bertz CT molecular complexity index is 1020. The second kappa shape index (κ2) is 6.69. The van der Waals surface area contributed by atoms with E-state index < -0.39 is 5.82 Å². The van der Waals surface area contributed by atoms with Gasteiger partial charge in [-0.25, -0.2) is 4.39 Å². The lowest BCUT2D eigenvalue weighted by Gasteiger charge is -2.26. The van der Waals surface area contributed by atoms with Crippen LogP contribution in [-0.4, -0.2) is 22.8 Å². The maximum absolute atomic E-state index is 13.6. The maximum atomic E-state index is 13.6. The highest BCUT2D eigenvalue weighted by atomic mass is 35.5. The van der Waals surface area contributed by atoms with E-state index in [0.29, 0.717) is 5.39 Å². The van der Waals surface area contributed by atoms with Gasteiger partial charge < -0.3 is 9.88 Å². The van der Waals surface area contributed by atoms with E-state index in [-0.39, 0.29) is 28.1 Å². The van der Waals surface area contributed by atoms with Gasteiger partial charge >= 0.3 is 0 Å². The van der Waals surface area contributed by atoms with Crippen LogP contribution in [0.2, 0.25) is 5.02 Å². The Labute approximate surface area is 148 Å². The topological polar surface area (TPSA) is 53.2 Å². The zero-order chi connectivity index (χ0) is 18.1. The molecular weight excluding hydrogens is 343 g/mol. The van der Waals surface area contributed by atoms with Gasteiger partial charge in [-0.1, -0.05) is 29.8 Å². The molecule has 1 amide bonds. The van der Waals surface area contributed by atoms with Crippen molar-refractivity contribution < 1.29 is 9.18 Å². The molecule has 0 radical (unpaired) electrons. The van der Waals surface area contributed by atoms with Crippen LogP contribution in [0.1, 0.15) is 28.9 Å². The molecule has 6 heteroatoms. The van der Waals surface area contributed by atoms with Gasteiger partial charge in [-0.05, 0) is 42.1 Å². The van der Waals surface area contributed by atoms with Gasteiger partial charge in [0, 0.05) is 24.2 Å². The molecule has 0 aliphatic rings. The zero-order valence-electron chi connectivity index (χ0n) is 13.7. The Morgan fingerprint density at radius 3 is 2.56 bits per heavy atom. The standard InChI is InChI=1S/C19H16ClFN2O2/c1-11(15-10-22-18(24)14-6-4-3-5-13(14)15)23(2)19(25)12-7-8-16(20)17(21)9-12/h3-11H,1-2H3,(H,22,24). The Morgan fingerprint density at radius 1 is 1.20 bits per heavy atom. The van der Waals surface area contributed by atoms with E-state index in [9.17, 15) is 14.0 Å². The van der Waals surface area contributed by atoms with E-state index in [1.165, 1.54) is 17.0 Å². The van der Waals surface area contributed by atoms with Crippen molar-refractivity contribution >= 4 is 28.3 Å². The van der Waals surface area contributed by atoms with Crippen molar-refractivity contribution in [1.29, 1.82) is 0 Å². The van der Waals surface area contributed by atoms with Crippen LogP contribution in [0, 0.1) is 5.82 Å². The molecule has 25 heavy (non-hydrogen) atoms. The number of fused-ring (bicyclic) bond motifs is 1. The number of benzene rings is 2. The Kier molecular flexibility index (Phi) is 4.59. The second-order valence-electron chi connectivity index (χ2n) is 5.84. The Hall–Kier alpha value is -2.66. The fraction of sp³-hybridized carbons (Fsp3) is 0.158. The summed E-state index contributed by atoms with van der Waals surface area (Å²) >= 11 is 5.67. The third-order valence-electron chi connectivity index (χ3n) is 4.36. The molecule has 0 saturated heterocycles. The number of amides is 1. The van der Waals surface area contributed by atoms with Crippen LogP contribution in [0.25, 0.3) is 10.8 Å². The molecule has 4 nitrogen and oxygen atoms in total. The first kappa shape index (κ1) is 17.2. The fourth-order valence-corrected chi connectivity index (χ4v) is 2.91. The normalized spacial score (nSPS) is 12.2. The number of halogens is 2. The van der Waals surface area contributed by atoms with Crippen LogP contribution >= 0.6 is 11.6 Å². The van der Waals surface area contributed by atoms with Crippen molar-refractivity contribution in [1.82, 2.24) is 9.88 Å². The summed E-state index contributed by atoms with van der Waals surface area (Å²) in [5.74, 6) is -0.971. The molecule has 0 bridgehead atoms. The van der Waals surface area contributed by atoms with E-state index in [1.807, 2.05) is 19.1 Å². The molecule has 1 N–H and O–H groups in total. The second-order valence-corrected chi connectivity index (χ2v) is 6.25. The predicted octanol–water partition coefficient (Wildman–Crippen LogP) is 4.15. The van der Waals surface area contributed by atoms with Gasteiger partial charge in [0.15, 0.2) is 0 Å². The fourth-order valence-electron chi connectivity index (χ4n) is 2.79. The van der Waals surface area contributed by atoms with Gasteiger partial charge in [0.05, 0.1) is 11.1 Å². The van der Waals surface area contributed by atoms with Gasteiger partial charge in [0.1, 0.15) is 5.82 Å². The van der Waals surface area contributed by atoms with E-state index in [1.54, 1.807) is 25.4 Å². The summed E-state index contributed by atoms with van der Waals surface area (Å²) in [5.41, 5.74) is 0.839. The van der Waals surface area contributed by atoms with E-state index in [0.717, 1.165) is 17.0 Å². The number of carbonyl (C=O) groups excluding carboxylic acids is 1. The first-order valence-electron chi connectivity index (χ1n) is 7.72. The SMILES string of the molecule is CC(c1c[nH]c(=O)c2ccccc12)N(C)C(=O)c1ccc(Cl)c(F)c1. The largest absolute Gasteiger partial charge is 0.335 e. The van der Waals surface area contributed by atoms with Crippen molar-refractivity contribution in [3.05, 3.63) is 81.0 Å². The first-order chi connectivity index (χ1) is 11.9. The highest BCUT2D eigenvalue weighted by molar-refractivity contribution is 6.30. The van der Waals surface area contributed by atoms with Gasteiger partial charge in [0.25, 0.3) is 11.5 Å². The summed E-state index contributed by atoms with van der Waals surface area (Å²) in [5, 5.41) is 1.31. The molecule has 1 atom stereocenters. The van der Waals surface area contributed by atoms with E-state index in [4.69, 9.17) is 11.6 Å². The number of aromatic amines is 1. The lowest BCUT2D eigenvalue weighted by Crippen LogP contribution is -2.30. The van der Waals surface area contributed by atoms with Crippen LogP contribution in [0.4, 0.5) is 4.39 Å². The maximum Gasteiger partial charge on any atom is 0.255 e. The first-order valence-corrected chi connectivity index (χ1v) is 8.10. The van der Waals surface area contributed by atoms with Crippen molar-refractivity contribution in [3.8, 4) is 0 Å².